The van der Waals surface area contributed by atoms with Crippen molar-refractivity contribution in [2.45, 2.75) is 65.1 Å². The van der Waals surface area contributed by atoms with Gasteiger partial charge in [0.2, 0.25) is 0 Å². The molecule has 2 N–H and O–H groups in total. The first kappa shape index (κ1) is 11.0. The van der Waals surface area contributed by atoms with Gasteiger partial charge in [-0.05, 0) is 34.5 Å². The first-order valence-corrected chi connectivity index (χ1v) is 5.47. The summed E-state index contributed by atoms with van der Waals surface area (Å²) in [5, 5.41) is 12.3. The molecule has 0 rings (SSSR count). The summed E-state index contributed by atoms with van der Waals surface area (Å²) in [4.78, 5) is 23.5. The molecule has 1 amide bonds. The van der Waals surface area contributed by atoms with Crippen LogP contribution in [0.25, 0.3) is 0 Å². The van der Waals surface area contributed by atoms with Gasteiger partial charge in [-0.1, -0.05) is 6.92 Å². The number of ether oxygens (including phenoxy) is 1. The molecule has 5 heteroatoms. The molecule has 0 bridgehead atoms. The molecule has 2 atom stereocenters. The summed E-state index contributed by atoms with van der Waals surface area (Å²) in [5.41, 5.74) is -3.17. The Hall–Kier alpha value is -1.10. The van der Waals surface area contributed by atoms with Crippen molar-refractivity contribution in [1.29, 1.82) is 0 Å². The van der Waals surface area contributed by atoms with Gasteiger partial charge in [0.1, 0.15) is 11.6 Å². The van der Waals surface area contributed by atoms with Gasteiger partial charge in [-0.25, -0.2) is 4.79 Å². The lowest BCUT2D eigenvalue weighted by atomic mass is 9.94. The number of carbonyl (C=O) groups is 2. The molecule has 0 aliphatic rings. The Bertz CT molecular complexity index is 372. The minimum absolute atomic E-state index is 0.0211. The Morgan fingerprint density at radius 2 is 1.94 bits per heavy atom. The Balaban J connectivity index is 5.21. The molecule has 0 saturated heterocycles. The normalized spacial score (nSPS) is 20.2. The Labute approximate surface area is 107 Å². The van der Waals surface area contributed by atoms with Crippen LogP contribution in [-0.4, -0.2) is 34.2 Å². The largest absolute Gasteiger partial charge is 0.444 e. The van der Waals surface area contributed by atoms with E-state index >= 15 is 0 Å². The lowest BCUT2D eigenvalue weighted by Crippen LogP contribution is -2.54. The average molecular weight is 248 g/mol. The standard InChI is InChI=1S/C12H23NO4/c1-7-8(14)9(12(5,6)16)13-10(15)17-11(2,3)4/h9,16H,7H2,1-6H3,(H,13,15)/t9-/m1/s1/i5D3/t9-,12-. The van der Waals surface area contributed by atoms with Crippen LogP contribution in [-0.2, 0) is 9.53 Å². The van der Waals surface area contributed by atoms with E-state index in [1.54, 1.807) is 20.8 Å². The number of nitrogens with one attached hydrogen (secondary N) is 1. The molecular formula is C12H23NO4. The summed E-state index contributed by atoms with van der Waals surface area (Å²) in [6.07, 6.45) is -0.971. The number of rotatable bonds is 4. The maximum atomic E-state index is 11.8. The maximum absolute atomic E-state index is 11.8. The number of amides is 1. The van der Waals surface area contributed by atoms with Crippen LogP contribution in [0, 0.1) is 0 Å². The van der Waals surface area contributed by atoms with Gasteiger partial charge in [-0.3, -0.25) is 4.79 Å². The van der Waals surface area contributed by atoms with E-state index in [1.807, 2.05) is 0 Å². The molecule has 0 fully saturated rings. The minimum atomic E-state index is -2.82. The number of ketones is 1. The Morgan fingerprint density at radius 1 is 1.41 bits per heavy atom. The highest BCUT2D eigenvalue weighted by molar-refractivity contribution is 5.88. The van der Waals surface area contributed by atoms with Crippen molar-refractivity contribution in [3.8, 4) is 0 Å². The molecule has 0 aromatic carbocycles. The number of Topliss-reactive ketones (excluding diaryl/α,β-unsaturated/α-hetero) is 1. The zero-order chi connectivity index (χ0) is 16.4. The quantitative estimate of drug-likeness (QED) is 0.793. The van der Waals surface area contributed by atoms with Crippen LogP contribution < -0.4 is 5.32 Å². The van der Waals surface area contributed by atoms with E-state index in [0.717, 1.165) is 6.92 Å². The zero-order valence-corrected chi connectivity index (χ0v) is 11.0. The molecule has 100 valence electrons. The first-order valence-electron chi connectivity index (χ1n) is 6.97. The average Bonchev–Trinajstić information content (AvgIpc) is 2.20. The third-order valence-corrected chi connectivity index (χ3v) is 1.89. The molecule has 0 radical (unpaired) electrons. The van der Waals surface area contributed by atoms with E-state index in [9.17, 15) is 14.7 Å². The van der Waals surface area contributed by atoms with Gasteiger partial charge in [0, 0.05) is 10.5 Å². The molecule has 0 saturated carbocycles. The van der Waals surface area contributed by atoms with Crippen molar-refractivity contribution in [2.24, 2.45) is 0 Å². The van der Waals surface area contributed by atoms with Gasteiger partial charge in [0.15, 0.2) is 5.78 Å². The molecular weight excluding hydrogens is 222 g/mol. The smallest absolute Gasteiger partial charge is 0.408 e. The van der Waals surface area contributed by atoms with Crippen molar-refractivity contribution in [3.05, 3.63) is 0 Å². The van der Waals surface area contributed by atoms with Gasteiger partial charge < -0.3 is 15.2 Å². The lowest BCUT2D eigenvalue weighted by molar-refractivity contribution is -0.126. The third kappa shape index (κ3) is 6.26. The molecule has 0 aromatic heterocycles. The molecule has 0 spiro atoms. The first-order chi connectivity index (χ1) is 8.72. The van der Waals surface area contributed by atoms with Crippen LogP contribution in [0.4, 0.5) is 4.79 Å². The van der Waals surface area contributed by atoms with Crippen molar-refractivity contribution in [1.82, 2.24) is 5.32 Å². The van der Waals surface area contributed by atoms with Gasteiger partial charge in [0.25, 0.3) is 0 Å². The van der Waals surface area contributed by atoms with Crippen LogP contribution in [0.1, 0.15) is 52.0 Å². The van der Waals surface area contributed by atoms with Crippen LogP contribution in [0.2, 0.25) is 0 Å². The Morgan fingerprint density at radius 3 is 2.29 bits per heavy atom. The molecule has 17 heavy (non-hydrogen) atoms. The van der Waals surface area contributed by atoms with Gasteiger partial charge in [0.05, 0.1) is 5.60 Å². The molecule has 5 nitrogen and oxygen atoms in total. The number of hydrogen-bond donors (Lipinski definition) is 2. The van der Waals surface area contributed by atoms with Gasteiger partial charge >= 0.3 is 6.09 Å². The van der Waals surface area contributed by atoms with E-state index in [2.05, 4.69) is 5.32 Å². The fraction of sp³-hybridized carbons (Fsp3) is 0.833. The van der Waals surface area contributed by atoms with Crippen LogP contribution in [0.5, 0.6) is 0 Å². The molecule has 0 heterocycles. The number of hydrogen-bond acceptors (Lipinski definition) is 4. The topological polar surface area (TPSA) is 75.6 Å². The van der Waals surface area contributed by atoms with Crippen LogP contribution in [0.15, 0.2) is 0 Å². The summed E-state index contributed by atoms with van der Waals surface area (Å²) in [7, 11) is 0. The van der Waals surface area contributed by atoms with E-state index in [-0.39, 0.29) is 6.42 Å². The second-order valence-corrected chi connectivity index (χ2v) is 5.05. The highest BCUT2D eigenvalue weighted by atomic mass is 16.6. The van der Waals surface area contributed by atoms with E-state index < -0.39 is 36.0 Å². The third-order valence-electron chi connectivity index (χ3n) is 1.89. The van der Waals surface area contributed by atoms with Crippen molar-refractivity contribution in [3.63, 3.8) is 0 Å². The molecule has 0 aliphatic carbocycles. The van der Waals surface area contributed by atoms with Crippen molar-refractivity contribution < 1.29 is 23.5 Å². The number of carbonyl (C=O) groups excluding carboxylic acids is 2. The maximum Gasteiger partial charge on any atom is 0.408 e. The molecule has 0 aromatic rings. The Kier molecular flexibility index (Phi) is 3.56. The summed E-state index contributed by atoms with van der Waals surface area (Å²) >= 11 is 0. The van der Waals surface area contributed by atoms with E-state index in [1.165, 1.54) is 6.92 Å². The summed E-state index contributed by atoms with van der Waals surface area (Å²) < 4.78 is 26.9. The summed E-state index contributed by atoms with van der Waals surface area (Å²) in [5.74, 6) is -0.586. The predicted molar refractivity (Wildman–Crippen MR) is 64.8 cm³/mol. The second kappa shape index (κ2) is 5.49. The van der Waals surface area contributed by atoms with E-state index in [0.29, 0.717) is 0 Å². The summed E-state index contributed by atoms with van der Waals surface area (Å²) in [6.45, 7) is 4.58. The second-order valence-electron chi connectivity index (χ2n) is 5.05. The van der Waals surface area contributed by atoms with Gasteiger partial charge in [-0.15, -0.1) is 0 Å². The number of aliphatic hydroxyl groups is 1. The lowest BCUT2D eigenvalue weighted by Gasteiger charge is -2.30. The zero-order valence-electron chi connectivity index (χ0n) is 14.0. The molecule has 0 aliphatic heterocycles. The fourth-order valence-corrected chi connectivity index (χ4v) is 1.16. The number of alkyl carbamates (subject to hydrolysis) is 1. The van der Waals surface area contributed by atoms with Crippen LogP contribution in [0.3, 0.4) is 0 Å². The fourth-order valence-electron chi connectivity index (χ4n) is 1.16. The summed E-state index contributed by atoms with van der Waals surface area (Å²) in [6, 6.07) is -1.56. The molecule has 0 unspecified atom stereocenters. The monoisotopic (exact) mass is 248 g/mol. The highest BCUT2D eigenvalue weighted by Crippen LogP contribution is 2.13. The van der Waals surface area contributed by atoms with Crippen molar-refractivity contribution in [2.75, 3.05) is 0 Å². The highest BCUT2D eigenvalue weighted by Gasteiger charge is 2.34. The van der Waals surface area contributed by atoms with Crippen molar-refractivity contribution >= 4 is 11.9 Å². The van der Waals surface area contributed by atoms with Gasteiger partial charge in [-0.2, -0.15) is 0 Å². The minimum Gasteiger partial charge on any atom is -0.444 e. The van der Waals surface area contributed by atoms with Crippen LogP contribution >= 0.6 is 0 Å². The predicted octanol–water partition coefficient (Wildman–Crippen LogP) is 1.63. The van der Waals surface area contributed by atoms with E-state index in [4.69, 9.17) is 8.85 Å². The SMILES string of the molecule is [2H]C([2H])([2H])[C@](C)(O)[C@H](NC(=O)OC(C)(C)C)C(=O)CC.